The first-order valence-corrected chi connectivity index (χ1v) is 9.07. The molecule has 0 spiro atoms. The van der Waals surface area contributed by atoms with Crippen molar-refractivity contribution in [3.63, 3.8) is 0 Å². The molecule has 0 aliphatic heterocycles. The standard InChI is InChI=1S/C20H25NO7/c1-12(22)21-18-16(10-26-13(2)23)9-17(11-27-14(3)24)19(18)28-20(25)15-7-5-4-6-8-15/h4-8,16-19H,9-11H2,1-3H3,(H,21,22)/t16-,17+,18+,19+/m0/s1. The monoisotopic (exact) mass is 391 g/mol. The molecule has 1 aliphatic carbocycles. The van der Waals surface area contributed by atoms with Crippen molar-refractivity contribution in [1.82, 2.24) is 5.32 Å². The fraction of sp³-hybridized carbons (Fsp3) is 0.500. The first kappa shape index (κ1) is 21.4. The third-order valence-corrected chi connectivity index (χ3v) is 4.56. The fourth-order valence-electron chi connectivity index (χ4n) is 3.38. The van der Waals surface area contributed by atoms with Crippen LogP contribution in [-0.4, -0.2) is 49.2 Å². The van der Waals surface area contributed by atoms with Crippen molar-refractivity contribution in [1.29, 1.82) is 0 Å². The first-order chi connectivity index (χ1) is 13.3. The summed E-state index contributed by atoms with van der Waals surface area (Å²) < 4.78 is 15.9. The van der Waals surface area contributed by atoms with Crippen molar-refractivity contribution in [2.24, 2.45) is 11.8 Å². The van der Waals surface area contributed by atoms with E-state index in [-0.39, 0.29) is 31.0 Å². The van der Waals surface area contributed by atoms with Crippen molar-refractivity contribution >= 4 is 23.8 Å². The van der Waals surface area contributed by atoms with E-state index in [1.807, 2.05) is 0 Å². The maximum Gasteiger partial charge on any atom is 0.338 e. The van der Waals surface area contributed by atoms with Crippen LogP contribution in [0.2, 0.25) is 0 Å². The summed E-state index contributed by atoms with van der Waals surface area (Å²) in [5.74, 6) is -2.35. The largest absolute Gasteiger partial charge is 0.465 e. The van der Waals surface area contributed by atoms with Gasteiger partial charge in [-0.05, 0) is 18.6 Å². The number of amides is 1. The van der Waals surface area contributed by atoms with Gasteiger partial charge in [-0.15, -0.1) is 0 Å². The van der Waals surface area contributed by atoms with Gasteiger partial charge in [-0.1, -0.05) is 18.2 Å². The molecule has 4 atom stereocenters. The molecular formula is C20H25NO7. The van der Waals surface area contributed by atoms with Gasteiger partial charge in [0.2, 0.25) is 5.91 Å². The Labute approximate surface area is 163 Å². The number of rotatable bonds is 7. The Morgan fingerprint density at radius 1 is 0.929 bits per heavy atom. The van der Waals surface area contributed by atoms with E-state index in [1.54, 1.807) is 30.3 Å². The Balaban J connectivity index is 2.22. The minimum Gasteiger partial charge on any atom is -0.465 e. The molecule has 2 rings (SSSR count). The van der Waals surface area contributed by atoms with Gasteiger partial charge in [0.1, 0.15) is 6.10 Å². The SMILES string of the molecule is CC(=O)N[C@@H]1[C@H](COC(C)=O)C[C@H](COC(C)=O)[C@H]1OC(=O)c1ccccc1. The first-order valence-electron chi connectivity index (χ1n) is 9.07. The van der Waals surface area contributed by atoms with Crippen molar-refractivity contribution in [2.45, 2.75) is 39.3 Å². The van der Waals surface area contributed by atoms with Crippen molar-refractivity contribution < 1.29 is 33.4 Å². The molecule has 0 unspecified atom stereocenters. The van der Waals surface area contributed by atoms with E-state index in [1.165, 1.54) is 20.8 Å². The molecule has 28 heavy (non-hydrogen) atoms. The summed E-state index contributed by atoms with van der Waals surface area (Å²) in [4.78, 5) is 46.7. The van der Waals surface area contributed by atoms with Gasteiger partial charge in [-0.2, -0.15) is 0 Å². The molecule has 0 saturated heterocycles. The molecular weight excluding hydrogens is 366 g/mol. The molecule has 8 nitrogen and oxygen atoms in total. The maximum atomic E-state index is 12.6. The lowest BCUT2D eigenvalue weighted by Gasteiger charge is -2.27. The van der Waals surface area contributed by atoms with Gasteiger partial charge in [0.05, 0.1) is 24.8 Å². The molecule has 152 valence electrons. The summed E-state index contributed by atoms with van der Waals surface area (Å²) in [5, 5.41) is 2.79. The highest BCUT2D eigenvalue weighted by molar-refractivity contribution is 5.89. The van der Waals surface area contributed by atoms with Crippen LogP contribution in [0.25, 0.3) is 0 Å². The highest BCUT2D eigenvalue weighted by Gasteiger charge is 2.47. The highest BCUT2D eigenvalue weighted by Crippen LogP contribution is 2.35. The van der Waals surface area contributed by atoms with E-state index in [2.05, 4.69) is 5.32 Å². The minimum absolute atomic E-state index is 0.0364. The van der Waals surface area contributed by atoms with Crippen LogP contribution in [0.4, 0.5) is 0 Å². The summed E-state index contributed by atoms with van der Waals surface area (Å²) in [7, 11) is 0. The Kier molecular flexibility index (Phi) is 7.54. The van der Waals surface area contributed by atoms with Crippen molar-refractivity contribution in [2.75, 3.05) is 13.2 Å². The zero-order chi connectivity index (χ0) is 20.7. The zero-order valence-corrected chi connectivity index (χ0v) is 16.2. The Bertz CT molecular complexity index is 719. The van der Waals surface area contributed by atoms with Crippen LogP contribution in [0.5, 0.6) is 0 Å². The average Bonchev–Trinajstić information content (AvgIpc) is 2.95. The highest BCUT2D eigenvalue weighted by atomic mass is 16.6. The Morgan fingerprint density at radius 2 is 1.50 bits per heavy atom. The third kappa shape index (κ3) is 6.07. The van der Waals surface area contributed by atoms with Gasteiger partial charge < -0.3 is 19.5 Å². The Morgan fingerprint density at radius 3 is 2.04 bits per heavy atom. The number of nitrogens with one attached hydrogen (secondary N) is 1. The molecule has 1 saturated carbocycles. The molecule has 0 aromatic heterocycles. The minimum atomic E-state index is -0.725. The molecule has 0 radical (unpaired) electrons. The molecule has 8 heteroatoms. The van der Waals surface area contributed by atoms with E-state index in [0.29, 0.717) is 12.0 Å². The summed E-state index contributed by atoms with van der Waals surface area (Å²) >= 11 is 0. The van der Waals surface area contributed by atoms with Crippen LogP contribution < -0.4 is 5.32 Å². The predicted octanol–water partition coefficient (Wildman–Crippen LogP) is 1.48. The topological polar surface area (TPSA) is 108 Å². The maximum absolute atomic E-state index is 12.6. The molecule has 0 heterocycles. The normalized spacial score (nSPS) is 23.5. The van der Waals surface area contributed by atoms with Crippen LogP contribution in [0.3, 0.4) is 0 Å². The number of esters is 3. The van der Waals surface area contributed by atoms with E-state index < -0.39 is 30.1 Å². The van der Waals surface area contributed by atoms with Crippen LogP contribution in [0.15, 0.2) is 30.3 Å². The van der Waals surface area contributed by atoms with Crippen molar-refractivity contribution in [3.8, 4) is 0 Å². The number of carbonyl (C=O) groups excluding carboxylic acids is 4. The number of benzene rings is 1. The van der Waals surface area contributed by atoms with E-state index in [9.17, 15) is 19.2 Å². The van der Waals surface area contributed by atoms with Gasteiger partial charge in [-0.25, -0.2) is 4.79 Å². The average molecular weight is 391 g/mol. The lowest BCUT2D eigenvalue weighted by atomic mass is 10.0. The summed E-state index contributed by atoms with van der Waals surface area (Å²) in [6.45, 7) is 4.05. The smallest absolute Gasteiger partial charge is 0.338 e. The quantitative estimate of drug-likeness (QED) is 0.554. The van der Waals surface area contributed by atoms with Crippen LogP contribution in [0.1, 0.15) is 37.6 Å². The van der Waals surface area contributed by atoms with Crippen molar-refractivity contribution in [3.05, 3.63) is 35.9 Å². The van der Waals surface area contributed by atoms with Gasteiger partial charge in [0.25, 0.3) is 0 Å². The van der Waals surface area contributed by atoms with Crippen LogP contribution >= 0.6 is 0 Å². The van der Waals surface area contributed by atoms with Gasteiger partial charge >= 0.3 is 17.9 Å². The van der Waals surface area contributed by atoms with Crippen LogP contribution in [0, 0.1) is 11.8 Å². The second-order valence-electron chi connectivity index (χ2n) is 6.82. The van der Waals surface area contributed by atoms with E-state index >= 15 is 0 Å². The van der Waals surface area contributed by atoms with Gasteiger partial charge in [0, 0.05) is 32.6 Å². The van der Waals surface area contributed by atoms with Gasteiger partial charge in [-0.3, -0.25) is 14.4 Å². The van der Waals surface area contributed by atoms with E-state index in [0.717, 1.165) is 0 Å². The number of carbonyl (C=O) groups is 4. The molecule has 1 amide bonds. The lowest BCUT2D eigenvalue weighted by molar-refractivity contribution is -0.143. The molecule has 1 aliphatic rings. The van der Waals surface area contributed by atoms with Gasteiger partial charge in [0.15, 0.2) is 0 Å². The molecule has 1 aromatic rings. The predicted molar refractivity (Wildman–Crippen MR) is 98.1 cm³/mol. The Hall–Kier alpha value is -2.90. The molecule has 1 aromatic carbocycles. The fourth-order valence-corrected chi connectivity index (χ4v) is 3.38. The zero-order valence-electron chi connectivity index (χ0n) is 16.2. The number of ether oxygens (including phenoxy) is 3. The molecule has 1 N–H and O–H groups in total. The molecule has 0 bridgehead atoms. The second-order valence-corrected chi connectivity index (χ2v) is 6.82. The summed E-state index contributed by atoms with van der Waals surface area (Å²) in [6.07, 6.45) is -0.269. The summed E-state index contributed by atoms with van der Waals surface area (Å²) in [5.41, 5.74) is 0.374. The van der Waals surface area contributed by atoms with E-state index in [4.69, 9.17) is 14.2 Å². The molecule has 1 fully saturated rings. The number of hydrogen-bond donors (Lipinski definition) is 1. The summed E-state index contributed by atoms with van der Waals surface area (Å²) in [6, 6.07) is 7.91. The lowest BCUT2D eigenvalue weighted by Crippen LogP contribution is -2.47. The van der Waals surface area contributed by atoms with Crippen LogP contribution in [-0.2, 0) is 28.6 Å². The number of hydrogen-bond acceptors (Lipinski definition) is 7. The third-order valence-electron chi connectivity index (χ3n) is 4.56. The second kappa shape index (κ2) is 9.87.